The Morgan fingerprint density at radius 1 is 1.15 bits per heavy atom. The number of imidazole rings is 1. The number of allylic oxidation sites excluding steroid dienone is 5. The van der Waals surface area contributed by atoms with Gasteiger partial charge in [-0.3, -0.25) is 10.1 Å². The van der Waals surface area contributed by atoms with Gasteiger partial charge in [0.05, 0.1) is 22.9 Å². The number of hydrogen-bond acceptors (Lipinski definition) is 4. The molecule has 1 saturated carbocycles. The molecule has 0 unspecified atom stereocenters. The summed E-state index contributed by atoms with van der Waals surface area (Å²) in [6.07, 6.45) is 13.5. The molecule has 3 aromatic heterocycles. The van der Waals surface area contributed by atoms with E-state index in [2.05, 4.69) is 51.3 Å². The van der Waals surface area contributed by atoms with Crippen molar-refractivity contribution in [1.29, 1.82) is 0 Å². The van der Waals surface area contributed by atoms with Gasteiger partial charge in [-0.15, -0.1) is 0 Å². The number of hydrogen-bond donors (Lipinski definition) is 3. The molecule has 0 spiro atoms. The van der Waals surface area contributed by atoms with Gasteiger partial charge in [0.1, 0.15) is 11.5 Å². The number of aromatic nitrogens is 5. The van der Waals surface area contributed by atoms with E-state index < -0.39 is 0 Å². The van der Waals surface area contributed by atoms with Crippen LogP contribution in [0.15, 0.2) is 79.8 Å². The van der Waals surface area contributed by atoms with E-state index in [1.807, 2.05) is 50.5 Å². The van der Waals surface area contributed by atoms with Crippen molar-refractivity contribution in [2.24, 2.45) is 5.92 Å². The molecular formula is C32H31FN6. The number of aryl methyl sites for hydroxylation is 1. The number of halogens is 1. The highest BCUT2D eigenvalue weighted by molar-refractivity contribution is 5.81. The topological polar surface area (TPSA) is 82.3 Å². The normalized spacial score (nSPS) is 14.5. The molecular weight excluding hydrogens is 487 g/mol. The largest absolute Gasteiger partial charge is 0.358 e. The maximum Gasteiger partial charge on any atom is 0.159 e. The van der Waals surface area contributed by atoms with E-state index in [4.69, 9.17) is 4.98 Å². The molecule has 39 heavy (non-hydrogen) atoms. The second-order valence-electron chi connectivity index (χ2n) is 9.75. The zero-order valence-electron chi connectivity index (χ0n) is 22.2. The fourth-order valence-electron chi connectivity index (χ4n) is 4.38. The first-order valence-electron chi connectivity index (χ1n) is 12.8. The zero-order chi connectivity index (χ0) is 27.5. The Balaban J connectivity index is 1.42. The Kier molecular flexibility index (Phi) is 7.23. The summed E-state index contributed by atoms with van der Waals surface area (Å²) in [5.41, 5.74) is 7.67. The number of anilines is 1. The van der Waals surface area contributed by atoms with Crippen molar-refractivity contribution in [3.8, 4) is 11.5 Å². The van der Waals surface area contributed by atoms with E-state index in [1.165, 1.54) is 25.0 Å². The first kappa shape index (κ1) is 25.9. The van der Waals surface area contributed by atoms with Crippen molar-refractivity contribution >= 4 is 29.5 Å². The van der Waals surface area contributed by atoms with Crippen LogP contribution in [0.3, 0.4) is 0 Å². The van der Waals surface area contributed by atoms with Gasteiger partial charge in [-0.05, 0) is 73.6 Å². The first-order chi connectivity index (χ1) is 18.8. The van der Waals surface area contributed by atoms with E-state index in [0.717, 1.165) is 39.1 Å². The van der Waals surface area contributed by atoms with Crippen molar-refractivity contribution in [3.05, 3.63) is 119 Å². The lowest BCUT2D eigenvalue weighted by atomic mass is 10.0. The van der Waals surface area contributed by atoms with Crippen molar-refractivity contribution in [3.63, 3.8) is 0 Å². The van der Waals surface area contributed by atoms with Gasteiger partial charge >= 0.3 is 0 Å². The van der Waals surface area contributed by atoms with E-state index in [-0.39, 0.29) is 5.82 Å². The summed E-state index contributed by atoms with van der Waals surface area (Å²) in [5.74, 6) is 0.840. The summed E-state index contributed by atoms with van der Waals surface area (Å²) < 4.78 is 13.9. The van der Waals surface area contributed by atoms with Gasteiger partial charge in [0, 0.05) is 28.4 Å². The fraction of sp³-hybridized carbons (Fsp3) is 0.156. The van der Waals surface area contributed by atoms with Crippen LogP contribution >= 0.6 is 0 Å². The predicted octanol–water partition coefficient (Wildman–Crippen LogP) is 5.89. The average molecular weight is 519 g/mol. The van der Waals surface area contributed by atoms with Crippen LogP contribution in [-0.4, -0.2) is 25.1 Å². The van der Waals surface area contributed by atoms with Crippen molar-refractivity contribution in [2.75, 3.05) is 5.32 Å². The minimum atomic E-state index is -0.311. The van der Waals surface area contributed by atoms with Gasteiger partial charge in [-0.1, -0.05) is 50.1 Å². The predicted molar refractivity (Wildman–Crippen MR) is 157 cm³/mol. The molecule has 1 aliphatic rings. The summed E-state index contributed by atoms with van der Waals surface area (Å²) in [6.45, 7) is 16.1. The second-order valence-corrected chi connectivity index (χ2v) is 9.75. The molecule has 0 atom stereocenters. The molecule has 1 fully saturated rings. The molecule has 196 valence electrons. The summed E-state index contributed by atoms with van der Waals surface area (Å²) in [4.78, 5) is 12.5. The SMILES string of the molecule is C=C/C=C(/c1cccc(F)c1)c1nc(-c2n[nH]/c(=C/C=C(\C)c3cncc(NC(=C)C4CC4)c3)c2=C)[nH]c1C. The molecule has 6 nitrogen and oxygen atoms in total. The smallest absolute Gasteiger partial charge is 0.159 e. The molecule has 0 amide bonds. The van der Waals surface area contributed by atoms with Crippen LogP contribution in [0.1, 0.15) is 42.3 Å². The van der Waals surface area contributed by atoms with Gasteiger partial charge in [-0.2, -0.15) is 5.10 Å². The van der Waals surface area contributed by atoms with Crippen LogP contribution in [0.5, 0.6) is 0 Å². The standard InChI is InChI=1S/C32H31FN6/c1-6-8-28(24-9-7-10-26(33)15-24)31-22(5)36-32(37-31)30-20(3)29(38-39-30)14-11-19(2)25-16-27(18-34-17-25)35-21(4)23-12-13-23/h6-11,14-18,23,35,38H,1,3-4,12-13H2,2,5H3,(H,36,37)/b19-11+,28-8-,29-14+. The Bertz CT molecular complexity index is 1730. The van der Waals surface area contributed by atoms with Gasteiger partial charge < -0.3 is 10.3 Å². The van der Waals surface area contributed by atoms with E-state index in [1.54, 1.807) is 12.1 Å². The number of rotatable bonds is 9. The highest BCUT2D eigenvalue weighted by Crippen LogP contribution is 2.36. The Labute approximate surface area is 227 Å². The minimum absolute atomic E-state index is 0.311. The van der Waals surface area contributed by atoms with Gasteiger partial charge in [0.2, 0.25) is 0 Å². The number of pyridine rings is 1. The quantitative estimate of drug-likeness (QED) is 0.241. The molecule has 1 aromatic carbocycles. The van der Waals surface area contributed by atoms with Crippen molar-refractivity contribution in [1.82, 2.24) is 25.1 Å². The summed E-state index contributed by atoms with van der Waals surface area (Å²) in [6, 6.07) is 8.50. The molecule has 0 bridgehead atoms. The third-order valence-electron chi connectivity index (χ3n) is 6.75. The van der Waals surface area contributed by atoms with Crippen LogP contribution in [0.4, 0.5) is 10.1 Å². The number of H-pyrrole nitrogens is 2. The van der Waals surface area contributed by atoms with Gasteiger partial charge in [0.25, 0.3) is 0 Å². The molecule has 5 rings (SSSR count). The Hall–Kier alpha value is -4.78. The van der Waals surface area contributed by atoms with Crippen LogP contribution in [0.25, 0.3) is 35.3 Å². The molecule has 3 heterocycles. The number of benzene rings is 1. The maximum absolute atomic E-state index is 13.9. The fourth-order valence-corrected chi connectivity index (χ4v) is 4.38. The third kappa shape index (κ3) is 5.72. The third-order valence-corrected chi connectivity index (χ3v) is 6.75. The Morgan fingerprint density at radius 2 is 1.97 bits per heavy atom. The molecule has 7 heteroatoms. The highest BCUT2D eigenvalue weighted by Gasteiger charge is 2.24. The zero-order valence-corrected chi connectivity index (χ0v) is 22.2. The lowest BCUT2D eigenvalue weighted by Crippen LogP contribution is -2.21. The van der Waals surface area contributed by atoms with Crippen molar-refractivity contribution in [2.45, 2.75) is 26.7 Å². The lowest BCUT2D eigenvalue weighted by molar-refractivity contribution is 0.627. The molecule has 0 saturated heterocycles. The van der Waals surface area contributed by atoms with Crippen LogP contribution in [0.2, 0.25) is 0 Å². The summed E-state index contributed by atoms with van der Waals surface area (Å²) >= 11 is 0. The number of aromatic amines is 2. The minimum Gasteiger partial charge on any atom is -0.358 e. The average Bonchev–Trinajstić information content (AvgIpc) is 3.62. The van der Waals surface area contributed by atoms with E-state index in [0.29, 0.717) is 33.9 Å². The molecule has 4 aromatic rings. The van der Waals surface area contributed by atoms with Crippen LogP contribution in [0, 0.1) is 18.7 Å². The number of nitrogens with one attached hydrogen (secondary N) is 3. The van der Waals surface area contributed by atoms with Crippen LogP contribution < -0.4 is 15.9 Å². The van der Waals surface area contributed by atoms with Crippen LogP contribution in [-0.2, 0) is 0 Å². The maximum atomic E-state index is 13.9. The van der Waals surface area contributed by atoms with Gasteiger partial charge in [-0.25, -0.2) is 9.37 Å². The molecule has 3 N–H and O–H groups in total. The van der Waals surface area contributed by atoms with E-state index >= 15 is 0 Å². The second kappa shape index (κ2) is 10.9. The molecule has 0 radical (unpaired) electrons. The van der Waals surface area contributed by atoms with Crippen molar-refractivity contribution < 1.29 is 4.39 Å². The summed E-state index contributed by atoms with van der Waals surface area (Å²) in [7, 11) is 0. The molecule has 1 aliphatic carbocycles. The lowest BCUT2D eigenvalue weighted by Gasteiger charge is -2.09. The first-order valence-corrected chi connectivity index (χ1v) is 12.8. The van der Waals surface area contributed by atoms with Gasteiger partial charge in [0.15, 0.2) is 5.82 Å². The number of nitrogens with zero attached hydrogens (tertiary/aromatic N) is 3. The molecule has 0 aliphatic heterocycles. The summed E-state index contributed by atoms with van der Waals surface area (Å²) in [5, 5.41) is 12.4. The Morgan fingerprint density at radius 3 is 2.72 bits per heavy atom. The monoisotopic (exact) mass is 518 g/mol. The highest BCUT2D eigenvalue weighted by atomic mass is 19.1. The van der Waals surface area contributed by atoms with E-state index in [9.17, 15) is 4.39 Å².